The number of hydrogen-bond donors (Lipinski definition) is 4. The van der Waals surface area contributed by atoms with Crippen molar-refractivity contribution in [1.29, 1.82) is 0 Å². The molecule has 0 saturated carbocycles. The molecule has 0 fully saturated rings. The maximum Gasteiger partial charge on any atom is 0.405 e. The number of carbonyl (C=O) groups is 2. The summed E-state index contributed by atoms with van der Waals surface area (Å²) < 4.78 is 0. The highest BCUT2D eigenvalue weighted by Gasteiger charge is 2.21. The standard InChI is InChI=1S/C12H15Cl2N3O3/c13-7-2-1-6(9(14)4-7)3-8(15)5-10(11(16)18)17-12(19)20/h1-2,4,8,10,17H,3,5,15H2,(H2,16,18)(H,19,20). The number of primary amides is 1. The van der Waals surface area contributed by atoms with Gasteiger partial charge in [0.2, 0.25) is 5.91 Å². The molecule has 0 aliphatic heterocycles. The van der Waals surface area contributed by atoms with Crippen LogP contribution in [-0.4, -0.2) is 29.2 Å². The van der Waals surface area contributed by atoms with E-state index in [4.69, 9.17) is 39.8 Å². The first-order valence-corrected chi connectivity index (χ1v) is 6.53. The zero-order valence-corrected chi connectivity index (χ0v) is 12.0. The Morgan fingerprint density at radius 3 is 2.50 bits per heavy atom. The largest absolute Gasteiger partial charge is 0.465 e. The van der Waals surface area contributed by atoms with Gasteiger partial charge < -0.3 is 21.9 Å². The van der Waals surface area contributed by atoms with Crippen LogP contribution in [0.3, 0.4) is 0 Å². The van der Waals surface area contributed by atoms with Crippen molar-refractivity contribution in [1.82, 2.24) is 5.32 Å². The number of amides is 2. The molecule has 6 N–H and O–H groups in total. The molecule has 0 aromatic heterocycles. The number of nitrogens with two attached hydrogens (primary N) is 2. The van der Waals surface area contributed by atoms with E-state index >= 15 is 0 Å². The molecule has 0 aliphatic carbocycles. The summed E-state index contributed by atoms with van der Waals surface area (Å²) >= 11 is 11.8. The van der Waals surface area contributed by atoms with Crippen LogP contribution < -0.4 is 16.8 Å². The first-order chi connectivity index (χ1) is 9.29. The van der Waals surface area contributed by atoms with E-state index in [-0.39, 0.29) is 6.42 Å². The van der Waals surface area contributed by atoms with E-state index in [0.29, 0.717) is 16.5 Å². The van der Waals surface area contributed by atoms with Crippen LogP contribution in [0, 0.1) is 0 Å². The molecule has 8 heteroatoms. The minimum atomic E-state index is -1.33. The molecule has 0 bridgehead atoms. The van der Waals surface area contributed by atoms with E-state index in [1.165, 1.54) is 0 Å². The highest BCUT2D eigenvalue weighted by Crippen LogP contribution is 2.22. The van der Waals surface area contributed by atoms with Gasteiger partial charge in [-0.3, -0.25) is 4.79 Å². The zero-order valence-electron chi connectivity index (χ0n) is 10.5. The third-order valence-electron chi connectivity index (χ3n) is 2.68. The number of rotatable bonds is 6. The summed E-state index contributed by atoms with van der Waals surface area (Å²) in [5.74, 6) is -0.773. The van der Waals surface area contributed by atoms with Crippen LogP contribution in [0.4, 0.5) is 4.79 Å². The SMILES string of the molecule is NC(=O)C(CC(N)Cc1ccc(Cl)cc1Cl)NC(=O)O. The summed E-state index contributed by atoms with van der Waals surface area (Å²) in [5, 5.41) is 11.6. The van der Waals surface area contributed by atoms with Crippen molar-refractivity contribution in [3.63, 3.8) is 0 Å². The molecule has 2 unspecified atom stereocenters. The Hall–Kier alpha value is -1.50. The van der Waals surface area contributed by atoms with Gasteiger partial charge in [0, 0.05) is 16.1 Å². The molecule has 0 saturated heterocycles. The van der Waals surface area contributed by atoms with Crippen molar-refractivity contribution in [2.45, 2.75) is 24.9 Å². The third-order valence-corrected chi connectivity index (χ3v) is 3.26. The quantitative estimate of drug-likeness (QED) is 0.633. The fraction of sp³-hybridized carbons (Fsp3) is 0.333. The average molecular weight is 320 g/mol. The first kappa shape index (κ1) is 16.6. The van der Waals surface area contributed by atoms with E-state index in [2.05, 4.69) is 0 Å². The van der Waals surface area contributed by atoms with Crippen LogP contribution in [0.15, 0.2) is 18.2 Å². The van der Waals surface area contributed by atoms with E-state index < -0.39 is 24.1 Å². The van der Waals surface area contributed by atoms with E-state index in [0.717, 1.165) is 5.56 Å². The molecule has 0 aliphatic rings. The highest BCUT2D eigenvalue weighted by molar-refractivity contribution is 6.35. The lowest BCUT2D eigenvalue weighted by atomic mass is 10.00. The summed E-state index contributed by atoms with van der Waals surface area (Å²) in [6.45, 7) is 0. The third kappa shape index (κ3) is 5.24. The van der Waals surface area contributed by atoms with Gasteiger partial charge in [0.1, 0.15) is 6.04 Å². The van der Waals surface area contributed by atoms with Crippen LogP contribution in [-0.2, 0) is 11.2 Å². The molecular formula is C12H15Cl2N3O3. The molecule has 0 spiro atoms. The predicted octanol–water partition coefficient (Wildman–Crippen LogP) is 1.37. The van der Waals surface area contributed by atoms with Gasteiger partial charge in [0.15, 0.2) is 0 Å². The number of carboxylic acid groups (broad SMARTS) is 1. The van der Waals surface area contributed by atoms with Crippen molar-refractivity contribution in [3.05, 3.63) is 33.8 Å². The molecule has 110 valence electrons. The predicted molar refractivity (Wildman–Crippen MR) is 76.9 cm³/mol. The molecule has 6 nitrogen and oxygen atoms in total. The number of nitrogens with one attached hydrogen (secondary N) is 1. The molecule has 1 rings (SSSR count). The first-order valence-electron chi connectivity index (χ1n) is 5.78. The van der Waals surface area contributed by atoms with E-state index in [9.17, 15) is 9.59 Å². The Morgan fingerprint density at radius 1 is 1.35 bits per heavy atom. The van der Waals surface area contributed by atoms with E-state index in [1.807, 2.05) is 5.32 Å². The van der Waals surface area contributed by atoms with Crippen molar-refractivity contribution >= 4 is 35.2 Å². The van der Waals surface area contributed by atoms with Gasteiger partial charge in [-0.1, -0.05) is 29.3 Å². The summed E-state index contributed by atoms with van der Waals surface area (Å²) in [7, 11) is 0. The average Bonchev–Trinajstić information content (AvgIpc) is 2.31. The summed E-state index contributed by atoms with van der Waals surface area (Å²) in [6, 6.07) is 3.49. The lowest BCUT2D eigenvalue weighted by molar-refractivity contribution is -0.120. The monoisotopic (exact) mass is 319 g/mol. The smallest absolute Gasteiger partial charge is 0.405 e. The second kappa shape index (κ2) is 7.33. The van der Waals surface area contributed by atoms with Gasteiger partial charge in [-0.05, 0) is 30.5 Å². The number of carbonyl (C=O) groups excluding carboxylic acids is 1. The van der Waals surface area contributed by atoms with Crippen molar-refractivity contribution in [2.75, 3.05) is 0 Å². The molecule has 0 heterocycles. The van der Waals surface area contributed by atoms with Gasteiger partial charge in [-0.15, -0.1) is 0 Å². The Bertz CT molecular complexity index is 511. The fourth-order valence-electron chi connectivity index (χ4n) is 1.75. The van der Waals surface area contributed by atoms with Crippen molar-refractivity contribution in [2.24, 2.45) is 11.5 Å². The van der Waals surface area contributed by atoms with Gasteiger partial charge in [0.05, 0.1) is 0 Å². The van der Waals surface area contributed by atoms with Gasteiger partial charge in [-0.25, -0.2) is 4.79 Å². The molecular weight excluding hydrogens is 305 g/mol. The Morgan fingerprint density at radius 2 is 2.00 bits per heavy atom. The Labute approximate surface area is 126 Å². The topological polar surface area (TPSA) is 118 Å². The van der Waals surface area contributed by atoms with Crippen LogP contribution >= 0.6 is 23.2 Å². The highest BCUT2D eigenvalue weighted by atomic mass is 35.5. The molecule has 2 atom stereocenters. The second-order valence-electron chi connectivity index (χ2n) is 4.34. The van der Waals surface area contributed by atoms with Crippen molar-refractivity contribution < 1.29 is 14.7 Å². The summed E-state index contributed by atoms with van der Waals surface area (Å²) in [4.78, 5) is 21.7. The molecule has 2 amide bonds. The van der Waals surface area contributed by atoms with Crippen LogP contribution in [0.25, 0.3) is 0 Å². The van der Waals surface area contributed by atoms with Crippen LogP contribution in [0.5, 0.6) is 0 Å². The summed E-state index contributed by atoms with van der Waals surface area (Å²) in [5.41, 5.74) is 11.8. The van der Waals surface area contributed by atoms with Crippen LogP contribution in [0.1, 0.15) is 12.0 Å². The maximum atomic E-state index is 11.1. The van der Waals surface area contributed by atoms with Gasteiger partial charge >= 0.3 is 6.09 Å². The second-order valence-corrected chi connectivity index (χ2v) is 5.18. The fourth-order valence-corrected chi connectivity index (χ4v) is 2.24. The maximum absolute atomic E-state index is 11.1. The van der Waals surface area contributed by atoms with Crippen molar-refractivity contribution in [3.8, 4) is 0 Å². The Kier molecular flexibility index (Phi) is 6.06. The Balaban J connectivity index is 2.67. The van der Waals surface area contributed by atoms with Gasteiger partial charge in [-0.2, -0.15) is 0 Å². The zero-order chi connectivity index (χ0) is 15.3. The van der Waals surface area contributed by atoms with E-state index in [1.54, 1.807) is 18.2 Å². The van der Waals surface area contributed by atoms with Gasteiger partial charge in [0.25, 0.3) is 0 Å². The minimum absolute atomic E-state index is 0.0839. The lowest BCUT2D eigenvalue weighted by Crippen LogP contribution is -2.47. The molecule has 20 heavy (non-hydrogen) atoms. The molecule has 0 radical (unpaired) electrons. The molecule has 1 aromatic rings. The van der Waals surface area contributed by atoms with Crippen LogP contribution in [0.2, 0.25) is 10.0 Å². The molecule has 1 aromatic carbocycles. The minimum Gasteiger partial charge on any atom is -0.465 e. The number of halogens is 2. The lowest BCUT2D eigenvalue weighted by Gasteiger charge is -2.18. The normalized spacial score (nSPS) is 13.6. The number of benzene rings is 1. The number of hydrogen-bond acceptors (Lipinski definition) is 3. The summed E-state index contributed by atoms with van der Waals surface area (Å²) in [6.07, 6.45) is -0.868.